The summed E-state index contributed by atoms with van der Waals surface area (Å²) in [6.45, 7) is 6.94. The lowest BCUT2D eigenvalue weighted by Gasteiger charge is -2.34. The highest BCUT2D eigenvalue weighted by Gasteiger charge is 2.26. The molecular formula is C17H27FN2O. The lowest BCUT2D eigenvalue weighted by Crippen LogP contribution is -2.29. The summed E-state index contributed by atoms with van der Waals surface area (Å²) in [4.78, 5) is 0. The van der Waals surface area contributed by atoms with Crippen molar-refractivity contribution in [2.75, 3.05) is 17.6 Å². The quantitative estimate of drug-likeness (QED) is 0.782. The molecular weight excluding hydrogens is 267 g/mol. The summed E-state index contributed by atoms with van der Waals surface area (Å²) in [7, 11) is 0. The van der Waals surface area contributed by atoms with Gasteiger partial charge in [0, 0.05) is 18.7 Å². The Morgan fingerprint density at radius 2 is 1.95 bits per heavy atom. The van der Waals surface area contributed by atoms with Gasteiger partial charge in [-0.3, -0.25) is 0 Å². The highest BCUT2D eigenvalue weighted by Crippen LogP contribution is 2.37. The smallest absolute Gasteiger partial charge is 0.167 e. The van der Waals surface area contributed by atoms with Crippen LogP contribution in [0.15, 0.2) is 12.1 Å². The van der Waals surface area contributed by atoms with E-state index in [4.69, 9.17) is 10.5 Å². The summed E-state index contributed by atoms with van der Waals surface area (Å²) in [6, 6.07) is 3.01. The van der Waals surface area contributed by atoms with Gasteiger partial charge in [-0.2, -0.15) is 0 Å². The Kier molecular flexibility index (Phi) is 4.96. The maximum atomic E-state index is 13.8. The molecule has 0 radical (unpaired) electrons. The van der Waals surface area contributed by atoms with Crippen molar-refractivity contribution >= 4 is 11.4 Å². The van der Waals surface area contributed by atoms with Crippen molar-refractivity contribution in [1.29, 1.82) is 0 Å². The van der Waals surface area contributed by atoms with Crippen LogP contribution in [0.25, 0.3) is 0 Å². The van der Waals surface area contributed by atoms with E-state index in [0.717, 1.165) is 12.2 Å². The van der Waals surface area contributed by atoms with Crippen LogP contribution in [0.2, 0.25) is 0 Å². The Bertz CT molecular complexity index is 482. The molecule has 0 unspecified atom stereocenters. The van der Waals surface area contributed by atoms with Gasteiger partial charge in [0.25, 0.3) is 0 Å². The number of ether oxygens (including phenoxy) is 1. The Labute approximate surface area is 127 Å². The van der Waals surface area contributed by atoms with Crippen molar-refractivity contribution in [3.05, 3.63) is 17.9 Å². The SMILES string of the molecule is CC(C)Oc1cc(NCC2(C)CCCCC2)c(N)cc1F. The van der Waals surface area contributed by atoms with E-state index < -0.39 is 5.82 Å². The summed E-state index contributed by atoms with van der Waals surface area (Å²) in [5.41, 5.74) is 7.42. The average molecular weight is 294 g/mol. The molecule has 0 saturated heterocycles. The maximum Gasteiger partial charge on any atom is 0.167 e. The molecule has 2 rings (SSSR count). The Balaban J connectivity index is 2.08. The fourth-order valence-corrected chi connectivity index (χ4v) is 2.96. The second kappa shape index (κ2) is 6.54. The molecule has 0 heterocycles. The number of hydrogen-bond acceptors (Lipinski definition) is 3. The number of benzene rings is 1. The second-order valence-electron chi connectivity index (χ2n) is 6.76. The van der Waals surface area contributed by atoms with Gasteiger partial charge in [0.2, 0.25) is 0 Å². The first-order valence-electron chi connectivity index (χ1n) is 7.89. The number of nitrogen functional groups attached to an aromatic ring is 1. The van der Waals surface area contributed by atoms with Crippen LogP contribution < -0.4 is 15.8 Å². The number of nitrogens with one attached hydrogen (secondary N) is 1. The summed E-state index contributed by atoms with van der Waals surface area (Å²) >= 11 is 0. The molecule has 1 saturated carbocycles. The molecule has 0 amide bonds. The maximum absolute atomic E-state index is 13.8. The Morgan fingerprint density at radius 3 is 2.57 bits per heavy atom. The third-order valence-electron chi connectivity index (χ3n) is 4.23. The van der Waals surface area contributed by atoms with Crippen LogP contribution in [-0.2, 0) is 0 Å². The van der Waals surface area contributed by atoms with Gasteiger partial charge in [-0.1, -0.05) is 26.2 Å². The van der Waals surface area contributed by atoms with Gasteiger partial charge in [0.1, 0.15) is 0 Å². The van der Waals surface area contributed by atoms with E-state index in [-0.39, 0.29) is 11.9 Å². The third kappa shape index (κ3) is 4.26. The first kappa shape index (κ1) is 15.9. The molecule has 3 nitrogen and oxygen atoms in total. The van der Waals surface area contributed by atoms with Crippen LogP contribution in [0.3, 0.4) is 0 Å². The van der Waals surface area contributed by atoms with Crippen molar-refractivity contribution in [3.63, 3.8) is 0 Å². The van der Waals surface area contributed by atoms with E-state index in [2.05, 4.69) is 12.2 Å². The first-order chi connectivity index (χ1) is 9.89. The van der Waals surface area contributed by atoms with E-state index in [1.807, 2.05) is 13.8 Å². The van der Waals surface area contributed by atoms with Gasteiger partial charge in [0.05, 0.1) is 17.5 Å². The predicted molar refractivity (Wildman–Crippen MR) is 86.3 cm³/mol. The van der Waals surface area contributed by atoms with E-state index in [1.165, 1.54) is 38.2 Å². The molecule has 0 atom stereocenters. The molecule has 3 N–H and O–H groups in total. The highest BCUT2D eigenvalue weighted by molar-refractivity contribution is 5.68. The molecule has 0 aliphatic heterocycles. The van der Waals surface area contributed by atoms with Crippen molar-refractivity contribution in [2.45, 2.75) is 59.0 Å². The summed E-state index contributed by atoms with van der Waals surface area (Å²) < 4.78 is 19.3. The lowest BCUT2D eigenvalue weighted by atomic mass is 9.76. The number of rotatable bonds is 5. The molecule has 21 heavy (non-hydrogen) atoms. The molecule has 1 aromatic carbocycles. The molecule has 118 valence electrons. The van der Waals surface area contributed by atoms with Gasteiger partial charge in [-0.25, -0.2) is 4.39 Å². The summed E-state index contributed by atoms with van der Waals surface area (Å²) in [5.74, 6) is -0.147. The minimum atomic E-state index is -0.407. The molecule has 4 heteroatoms. The van der Waals surface area contributed by atoms with Crippen LogP contribution in [0.4, 0.5) is 15.8 Å². The zero-order chi connectivity index (χ0) is 15.5. The summed E-state index contributed by atoms with van der Waals surface area (Å²) in [6.07, 6.45) is 6.32. The molecule has 0 aromatic heterocycles. The molecule has 1 fully saturated rings. The van der Waals surface area contributed by atoms with Gasteiger partial charge in [0.15, 0.2) is 11.6 Å². The molecule has 1 aliphatic carbocycles. The van der Waals surface area contributed by atoms with E-state index in [1.54, 1.807) is 6.07 Å². The molecule has 0 bridgehead atoms. The van der Waals surface area contributed by atoms with Crippen molar-refractivity contribution < 1.29 is 9.13 Å². The van der Waals surface area contributed by atoms with Crippen molar-refractivity contribution in [3.8, 4) is 5.75 Å². The monoisotopic (exact) mass is 294 g/mol. The standard InChI is InChI=1S/C17H27FN2O/c1-12(2)21-16-10-15(14(19)9-13(16)18)20-11-17(3)7-5-4-6-8-17/h9-10,12,20H,4-8,11,19H2,1-3H3. The van der Waals surface area contributed by atoms with Gasteiger partial charge >= 0.3 is 0 Å². The average Bonchev–Trinajstić information content (AvgIpc) is 2.41. The molecule has 0 spiro atoms. The first-order valence-corrected chi connectivity index (χ1v) is 7.89. The lowest BCUT2D eigenvalue weighted by molar-refractivity contribution is 0.230. The summed E-state index contributed by atoms with van der Waals surface area (Å²) in [5, 5.41) is 3.39. The zero-order valence-electron chi connectivity index (χ0n) is 13.3. The molecule has 1 aliphatic rings. The van der Waals surface area contributed by atoms with Gasteiger partial charge in [-0.05, 0) is 32.1 Å². The normalized spacial score (nSPS) is 17.8. The van der Waals surface area contributed by atoms with Crippen LogP contribution >= 0.6 is 0 Å². The second-order valence-corrected chi connectivity index (χ2v) is 6.76. The predicted octanol–water partition coefficient (Wildman–Crippen LogP) is 4.58. The highest BCUT2D eigenvalue weighted by atomic mass is 19.1. The topological polar surface area (TPSA) is 47.3 Å². The van der Waals surface area contributed by atoms with Crippen LogP contribution in [0, 0.1) is 11.2 Å². The minimum absolute atomic E-state index is 0.0631. The van der Waals surface area contributed by atoms with Gasteiger partial charge < -0.3 is 15.8 Å². The largest absolute Gasteiger partial charge is 0.488 e. The fourth-order valence-electron chi connectivity index (χ4n) is 2.96. The third-order valence-corrected chi connectivity index (χ3v) is 4.23. The Morgan fingerprint density at radius 1 is 1.29 bits per heavy atom. The van der Waals surface area contributed by atoms with E-state index in [0.29, 0.717) is 11.1 Å². The fraction of sp³-hybridized carbons (Fsp3) is 0.647. The number of halogens is 1. The van der Waals surface area contributed by atoms with Crippen LogP contribution in [-0.4, -0.2) is 12.6 Å². The number of nitrogens with two attached hydrogens (primary N) is 1. The Hall–Kier alpha value is -1.45. The number of hydrogen-bond donors (Lipinski definition) is 2. The van der Waals surface area contributed by atoms with E-state index >= 15 is 0 Å². The van der Waals surface area contributed by atoms with Crippen LogP contribution in [0.1, 0.15) is 52.9 Å². The minimum Gasteiger partial charge on any atom is -0.488 e. The van der Waals surface area contributed by atoms with Gasteiger partial charge in [-0.15, -0.1) is 0 Å². The van der Waals surface area contributed by atoms with Crippen molar-refractivity contribution in [1.82, 2.24) is 0 Å². The van der Waals surface area contributed by atoms with Crippen LogP contribution in [0.5, 0.6) is 5.75 Å². The number of anilines is 2. The van der Waals surface area contributed by atoms with Crippen molar-refractivity contribution in [2.24, 2.45) is 5.41 Å². The molecule has 1 aromatic rings. The van der Waals surface area contributed by atoms with E-state index in [9.17, 15) is 4.39 Å². The zero-order valence-corrected chi connectivity index (χ0v) is 13.3.